The van der Waals surface area contributed by atoms with E-state index < -0.39 is 0 Å². The summed E-state index contributed by atoms with van der Waals surface area (Å²) >= 11 is 6.10. The first kappa shape index (κ1) is 13.4. The standard InChI is InChI=1S/C15H19ClO2/c1-2-4-14(17)6-3-5-11-9-13(16)10-12-7-8-18-15(11)12/h9-10H,2-8H2,1H3. The number of benzene rings is 1. The van der Waals surface area contributed by atoms with Gasteiger partial charge in [-0.05, 0) is 42.5 Å². The van der Waals surface area contributed by atoms with Crippen molar-refractivity contribution in [3.8, 4) is 5.75 Å². The topological polar surface area (TPSA) is 26.3 Å². The van der Waals surface area contributed by atoms with Crippen LogP contribution in [0, 0.1) is 0 Å². The molecule has 0 spiro atoms. The second kappa shape index (κ2) is 6.24. The van der Waals surface area contributed by atoms with Gasteiger partial charge in [0.15, 0.2) is 0 Å². The van der Waals surface area contributed by atoms with Gasteiger partial charge in [-0.25, -0.2) is 0 Å². The molecule has 1 aromatic rings. The lowest BCUT2D eigenvalue weighted by molar-refractivity contribution is -0.119. The van der Waals surface area contributed by atoms with Crippen LogP contribution in [0.2, 0.25) is 5.02 Å². The second-order valence-corrected chi connectivity index (χ2v) is 5.23. The van der Waals surface area contributed by atoms with Crippen LogP contribution in [0.3, 0.4) is 0 Å². The normalized spacial score (nSPS) is 13.2. The van der Waals surface area contributed by atoms with Gasteiger partial charge in [0.2, 0.25) is 0 Å². The molecule has 0 bridgehead atoms. The van der Waals surface area contributed by atoms with Crippen molar-refractivity contribution in [3.05, 3.63) is 28.3 Å². The van der Waals surface area contributed by atoms with Gasteiger partial charge in [0.1, 0.15) is 11.5 Å². The molecular weight excluding hydrogens is 248 g/mol. The summed E-state index contributed by atoms with van der Waals surface area (Å²) in [6, 6.07) is 3.95. The highest BCUT2D eigenvalue weighted by Gasteiger charge is 2.17. The predicted octanol–water partition coefficient (Wildman–Crippen LogP) is 3.97. The average molecular weight is 267 g/mol. The van der Waals surface area contributed by atoms with E-state index in [1.807, 2.05) is 19.1 Å². The van der Waals surface area contributed by atoms with Gasteiger partial charge in [0, 0.05) is 24.3 Å². The molecule has 18 heavy (non-hydrogen) atoms. The first-order chi connectivity index (χ1) is 8.70. The lowest BCUT2D eigenvalue weighted by atomic mass is 10.0. The zero-order chi connectivity index (χ0) is 13.0. The van der Waals surface area contributed by atoms with Crippen LogP contribution >= 0.6 is 11.6 Å². The minimum atomic E-state index is 0.358. The zero-order valence-corrected chi connectivity index (χ0v) is 11.6. The molecule has 1 heterocycles. The molecule has 0 saturated heterocycles. The van der Waals surface area contributed by atoms with Crippen LogP contribution in [-0.4, -0.2) is 12.4 Å². The molecule has 0 unspecified atom stereocenters. The van der Waals surface area contributed by atoms with E-state index in [1.165, 1.54) is 5.56 Å². The summed E-state index contributed by atoms with van der Waals surface area (Å²) in [7, 11) is 0. The quantitative estimate of drug-likeness (QED) is 0.779. The van der Waals surface area contributed by atoms with Crippen LogP contribution in [-0.2, 0) is 17.6 Å². The number of halogens is 1. The Bertz CT molecular complexity index is 440. The number of carbonyl (C=O) groups excluding carboxylic acids is 1. The molecule has 2 rings (SSSR count). The SMILES string of the molecule is CCCC(=O)CCCc1cc(Cl)cc2c1OCC2. The second-order valence-electron chi connectivity index (χ2n) is 4.79. The van der Waals surface area contributed by atoms with Crippen molar-refractivity contribution in [2.24, 2.45) is 0 Å². The molecule has 2 nitrogen and oxygen atoms in total. The summed E-state index contributed by atoms with van der Waals surface area (Å²) in [4.78, 5) is 11.5. The van der Waals surface area contributed by atoms with E-state index >= 15 is 0 Å². The van der Waals surface area contributed by atoms with Gasteiger partial charge < -0.3 is 4.74 Å². The first-order valence-corrected chi connectivity index (χ1v) is 7.04. The fourth-order valence-corrected chi connectivity index (χ4v) is 2.67. The van der Waals surface area contributed by atoms with E-state index in [0.29, 0.717) is 18.6 Å². The van der Waals surface area contributed by atoms with Crippen LogP contribution in [0.25, 0.3) is 0 Å². The van der Waals surface area contributed by atoms with Crippen molar-refractivity contribution >= 4 is 17.4 Å². The molecule has 0 radical (unpaired) electrons. The lowest BCUT2D eigenvalue weighted by Gasteiger charge is -2.08. The molecule has 0 N–H and O–H groups in total. The predicted molar refractivity (Wildman–Crippen MR) is 73.5 cm³/mol. The third-order valence-corrected chi connectivity index (χ3v) is 3.47. The molecule has 98 valence electrons. The average Bonchev–Trinajstić information content (AvgIpc) is 2.77. The fraction of sp³-hybridized carbons (Fsp3) is 0.533. The molecule has 0 fully saturated rings. The van der Waals surface area contributed by atoms with E-state index in [2.05, 4.69) is 0 Å². The molecule has 1 aliphatic heterocycles. The molecule has 0 aliphatic carbocycles. The maximum atomic E-state index is 11.5. The smallest absolute Gasteiger partial charge is 0.132 e. The van der Waals surface area contributed by atoms with Gasteiger partial charge in [0.05, 0.1) is 6.61 Å². The monoisotopic (exact) mass is 266 g/mol. The molecule has 0 amide bonds. The number of ketones is 1. The minimum absolute atomic E-state index is 0.358. The van der Waals surface area contributed by atoms with Gasteiger partial charge >= 0.3 is 0 Å². The molecule has 0 aromatic heterocycles. The van der Waals surface area contributed by atoms with Gasteiger partial charge in [0.25, 0.3) is 0 Å². The minimum Gasteiger partial charge on any atom is -0.493 e. The maximum Gasteiger partial charge on any atom is 0.132 e. The number of hydrogen-bond acceptors (Lipinski definition) is 2. The highest BCUT2D eigenvalue weighted by molar-refractivity contribution is 6.30. The van der Waals surface area contributed by atoms with E-state index in [9.17, 15) is 4.79 Å². The number of aryl methyl sites for hydroxylation is 1. The third kappa shape index (κ3) is 3.26. The molecule has 0 atom stereocenters. The lowest BCUT2D eigenvalue weighted by Crippen LogP contribution is -1.99. The third-order valence-electron chi connectivity index (χ3n) is 3.26. The molecule has 0 saturated carbocycles. The number of Topliss-reactive ketones (excluding diaryl/α,β-unsaturated/α-hetero) is 1. The summed E-state index contributed by atoms with van der Waals surface area (Å²) in [5, 5.41) is 0.772. The van der Waals surface area contributed by atoms with Crippen molar-refractivity contribution in [1.82, 2.24) is 0 Å². The Kier molecular flexibility index (Phi) is 4.65. The summed E-state index contributed by atoms with van der Waals surface area (Å²) in [5.41, 5.74) is 2.36. The Morgan fingerprint density at radius 2 is 2.22 bits per heavy atom. The molecule has 3 heteroatoms. The summed E-state index contributed by atoms with van der Waals surface area (Å²) in [6.07, 6.45) is 5.00. The Labute approximate surface area is 113 Å². The fourth-order valence-electron chi connectivity index (χ4n) is 2.41. The van der Waals surface area contributed by atoms with Gasteiger partial charge in [-0.15, -0.1) is 0 Å². The van der Waals surface area contributed by atoms with Crippen molar-refractivity contribution in [1.29, 1.82) is 0 Å². The van der Waals surface area contributed by atoms with Crippen LogP contribution in [0.5, 0.6) is 5.75 Å². The summed E-state index contributed by atoms with van der Waals surface area (Å²) in [6.45, 7) is 2.78. The Morgan fingerprint density at radius 1 is 1.39 bits per heavy atom. The van der Waals surface area contributed by atoms with Crippen LogP contribution in [0.1, 0.15) is 43.7 Å². The maximum absolute atomic E-state index is 11.5. The van der Waals surface area contributed by atoms with Gasteiger partial charge in [-0.1, -0.05) is 18.5 Å². The molecule has 1 aliphatic rings. The van der Waals surface area contributed by atoms with Crippen molar-refractivity contribution in [3.63, 3.8) is 0 Å². The van der Waals surface area contributed by atoms with E-state index in [4.69, 9.17) is 16.3 Å². The van der Waals surface area contributed by atoms with Crippen molar-refractivity contribution in [2.75, 3.05) is 6.61 Å². The first-order valence-electron chi connectivity index (χ1n) is 6.66. The molecular formula is C15H19ClO2. The van der Waals surface area contributed by atoms with Crippen LogP contribution < -0.4 is 4.74 Å². The van der Waals surface area contributed by atoms with E-state index in [-0.39, 0.29) is 0 Å². The summed E-state index contributed by atoms with van der Waals surface area (Å²) in [5.74, 6) is 1.36. The number of rotatable bonds is 6. The van der Waals surface area contributed by atoms with Crippen LogP contribution in [0.4, 0.5) is 0 Å². The zero-order valence-electron chi connectivity index (χ0n) is 10.8. The van der Waals surface area contributed by atoms with Crippen LogP contribution in [0.15, 0.2) is 12.1 Å². The highest BCUT2D eigenvalue weighted by Crippen LogP contribution is 2.33. The number of carbonyl (C=O) groups is 1. The highest BCUT2D eigenvalue weighted by atomic mass is 35.5. The summed E-state index contributed by atoms with van der Waals surface area (Å²) < 4.78 is 5.65. The Morgan fingerprint density at radius 3 is 3.00 bits per heavy atom. The van der Waals surface area contributed by atoms with Crippen molar-refractivity contribution in [2.45, 2.75) is 45.4 Å². The number of fused-ring (bicyclic) bond motifs is 1. The van der Waals surface area contributed by atoms with Gasteiger partial charge in [-0.3, -0.25) is 4.79 Å². The Hall–Kier alpha value is -1.02. The number of ether oxygens (including phenoxy) is 1. The number of hydrogen-bond donors (Lipinski definition) is 0. The van der Waals surface area contributed by atoms with E-state index in [0.717, 1.165) is 48.6 Å². The largest absolute Gasteiger partial charge is 0.493 e. The van der Waals surface area contributed by atoms with Gasteiger partial charge in [-0.2, -0.15) is 0 Å². The van der Waals surface area contributed by atoms with E-state index in [1.54, 1.807) is 0 Å². The van der Waals surface area contributed by atoms with Crippen molar-refractivity contribution < 1.29 is 9.53 Å². The Balaban J connectivity index is 1.95. The molecule has 1 aromatic carbocycles.